The summed E-state index contributed by atoms with van der Waals surface area (Å²) >= 11 is 1.37. The summed E-state index contributed by atoms with van der Waals surface area (Å²) in [6.45, 7) is 1.98. The number of hydrogen-bond acceptors (Lipinski definition) is 5. The summed E-state index contributed by atoms with van der Waals surface area (Å²) < 4.78 is 19.3. The lowest BCUT2D eigenvalue weighted by molar-refractivity contribution is -0.132. The Hall–Kier alpha value is -4.23. The Morgan fingerprint density at radius 3 is 2.34 bits per heavy atom. The molecule has 1 aromatic heterocycles. The van der Waals surface area contributed by atoms with Gasteiger partial charge in [0.05, 0.1) is 5.57 Å². The van der Waals surface area contributed by atoms with Gasteiger partial charge < -0.3 is 9.84 Å². The van der Waals surface area contributed by atoms with E-state index in [0.717, 1.165) is 5.56 Å². The van der Waals surface area contributed by atoms with E-state index in [2.05, 4.69) is 0 Å². The number of aliphatic hydroxyl groups is 1. The summed E-state index contributed by atoms with van der Waals surface area (Å²) in [5, 5.41) is 12.8. The van der Waals surface area contributed by atoms with Gasteiger partial charge in [-0.1, -0.05) is 18.2 Å². The van der Waals surface area contributed by atoms with Gasteiger partial charge in [-0.15, -0.1) is 11.3 Å². The van der Waals surface area contributed by atoms with Crippen molar-refractivity contribution in [3.63, 3.8) is 0 Å². The van der Waals surface area contributed by atoms with Crippen molar-refractivity contribution >= 4 is 34.5 Å². The SMILES string of the molecule is Cc1cccc(Oc2ccc(N3C(=O)C(=O)/C(=C(\O)c4ccc(F)cc4)C3c3cccs3)cc2)c1. The molecule has 1 N–H and O–H groups in total. The van der Waals surface area contributed by atoms with Crippen LogP contribution in [0.15, 0.2) is 95.9 Å². The first-order valence-corrected chi connectivity index (χ1v) is 11.8. The highest BCUT2D eigenvalue weighted by molar-refractivity contribution is 7.10. The van der Waals surface area contributed by atoms with Gasteiger partial charge in [0.1, 0.15) is 29.1 Å². The van der Waals surface area contributed by atoms with Crippen LogP contribution in [0.2, 0.25) is 0 Å². The summed E-state index contributed by atoms with van der Waals surface area (Å²) in [5.41, 5.74) is 1.77. The highest BCUT2D eigenvalue weighted by atomic mass is 32.1. The number of nitrogens with zero attached hydrogens (tertiary/aromatic N) is 1. The maximum absolute atomic E-state index is 13.4. The molecule has 1 fully saturated rings. The van der Waals surface area contributed by atoms with Crippen LogP contribution < -0.4 is 9.64 Å². The quantitative estimate of drug-likeness (QED) is 0.196. The number of ketones is 1. The Morgan fingerprint density at radius 1 is 0.943 bits per heavy atom. The molecule has 1 unspecified atom stereocenters. The largest absolute Gasteiger partial charge is 0.507 e. The third-order valence-electron chi connectivity index (χ3n) is 5.71. The summed E-state index contributed by atoms with van der Waals surface area (Å²) in [5.74, 6) is -1.09. The molecular formula is C28H20FNO4S. The number of carbonyl (C=O) groups is 2. The fourth-order valence-corrected chi connectivity index (χ4v) is 4.89. The van der Waals surface area contributed by atoms with Crippen molar-refractivity contribution in [2.24, 2.45) is 0 Å². The van der Waals surface area contributed by atoms with Gasteiger partial charge in [-0.25, -0.2) is 4.39 Å². The molecule has 174 valence electrons. The van der Waals surface area contributed by atoms with Crippen molar-refractivity contribution in [2.45, 2.75) is 13.0 Å². The lowest BCUT2D eigenvalue weighted by Crippen LogP contribution is -2.29. The minimum atomic E-state index is -0.816. The van der Waals surface area contributed by atoms with Crippen LogP contribution in [-0.2, 0) is 9.59 Å². The zero-order chi connectivity index (χ0) is 24.5. The molecule has 35 heavy (non-hydrogen) atoms. The number of thiophene rings is 1. The molecule has 7 heteroatoms. The van der Waals surface area contributed by atoms with Gasteiger partial charge in [-0.2, -0.15) is 0 Å². The molecule has 5 nitrogen and oxygen atoms in total. The minimum absolute atomic E-state index is 0.0378. The highest BCUT2D eigenvalue weighted by Gasteiger charge is 2.47. The molecule has 0 spiro atoms. The predicted molar refractivity (Wildman–Crippen MR) is 133 cm³/mol. The van der Waals surface area contributed by atoms with Crippen molar-refractivity contribution in [3.05, 3.63) is 118 Å². The topological polar surface area (TPSA) is 66.8 Å². The van der Waals surface area contributed by atoms with Crippen LogP contribution in [0.1, 0.15) is 22.0 Å². The number of anilines is 1. The second-order valence-corrected chi connectivity index (χ2v) is 9.08. The van der Waals surface area contributed by atoms with Gasteiger partial charge in [-0.05, 0) is 84.6 Å². The number of rotatable bonds is 5. The number of hydrogen-bond donors (Lipinski definition) is 1. The zero-order valence-corrected chi connectivity index (χ0v) is 19.5. The van der Waals surface area contributed by atoms with E-state index in [1.807, 2.05) is 42.6 Å². The second-order valence-electron chi connectivity index (χ2n) is 8.10. The Balaban J connectivity index is 1.54. The maximum atomic E-state index is 13.4. The van der Waals surface area contributed by atoms with Crippen molar-refractivity contribution in [1.82, 2.24) is 0 Å². The summed E-state index contributed by atoms with van der Waals surface area (Å²) in [6, 6.07) is 22.4. The second kappa shape index (κ2) is 9.19. The van der Waals surface area contributed by atoms with Crippen LogP contribution in [0.3, 0.4) is 0 Å². The van der Waals surface area contributed by atoms with E-state index in [0.29, 0.717) is 22.1 Å². The standard InChI is InChI=1S/C28H20FNO4S/c1-17-4-2-5-22(16-17)34-21-13-11-20(12-14-21)30-25(23-6-3-15-35-23)24(27(32)28(30)33)26(31)18-7-9-19(29)10-8-18/h2-16,25,31H,1H3/b26-24-. The fourth-order valence-electron chi connectivity index (χ4n) is 4.07. The molecule has 3 aromatic carbocycles. The maximum Gasteiger partial charge on any atom is 0.300 e. The minimum Gasteiger partial charge on any atom is -0.507 e. The first-order chi connectivity index (χ1) is 16.9. The van der Waals surface area contributed by atoms with Crippen LogP contribution in [0.25, 0.3) is 5.76 Å². The normalized spacial score (nSPS) is 17.1. The molecule has 1 amide bonds. The molecule has 1 saturated heterocycles. The summed E-state index contributed by atoms with van der Waals surface area (Å²) in [6.07, 6.45) is 0. The number of ether oxygens (including phenoxy) is 1. The van der Waals surface area contributed by atoms with Gasteiger partial charge in [0, 0.05) is 16.1 Å². The van der Waals surface area contributed by atoms with E-state index >= 15 is 0 Å². The molecule has 1 atom stereocenters. The van der Waals surface area contributed by atoms with Crippen LogP contribution in [0.4, 0.5) is 10.1 Å². The fraction of sp³-hybridized carbons (Fsp3) is 0.0714. The van der Waals surface area contributed by atoms with E-state index in [4.69, 9.17) is 4.74 Å². The van der Waals surface area contributed by atoms with Crippen molar-refractivity contribution in [1.29, 1.82) is 0 Å². The molecule has 4 aromatic rings. The van der Waals surface area contributed by atoms with Crippen molar-refractivity contribution in [2.75, 3.05) is 4.90 Å². The van der Waals surface area contributed by atoms with Gasteiger partial charge in [0.15, 0.2) is 0 Å². The third kappa shape index (κ3) is 4.34. The molecule has 2 heterocycles. The number of halogens is 1. The van der Waals surface area contributed by atoms with Gasteiger partial charge in [0.2, 0.25) is 0 Å². The lowest BCUT2D eigenvalue weighted by atomic mass is 9.99. The van der Waals surface area contributed by atoms with Gasteiger partial charge in [0.25, 0.3) is 11.7 Å². The zero-order valence-electron chi connectivity index (χ0n) is 18.6. The molecule has 0 bridgehead atoms. The van der Waals surface area contributed by atoms with Crippen LogP contribution >= 0.6 is 11.3 Å². The van der Waals surface area contributed by atoms with E-state index < -0.39 is 23.5 Å². The first kappa shape index (κ1) is 22.6. The van der Waals surface area contributed by atoms with Crippen LogP contribution in [0, 0.1) is 12.7 Å². The molecule has 5 rings (SSSR count). The Kier molecular flexibility index (Phi) is 5.93. The Bertz CT molecular complexity index is 1430. The van der Waals surface area contributed by atoms with Crippen LogP contribution in [0.5, 0.6) is 11.5 Å². The average Bonchev–Trinajstić information content (AvgIpc) is 3.47. The first-order valence-electron chi connectivity index (χ1n) is 10.9. The van der Waals surface area contributed by atoms with Gasteiger partial charge >= 0.3 is 0 Å². The molecule has 0 saturated carbocycles. The van der Waals surface area contributed by atoms with E-state index in [9.17, 15) is 19.1 Å². The Labute approximate surface area is 205 Å². The molecule has 1 aliphatic rings. The number of aliphatic hydroxyl groups excluding tert-OH is 1. The van der Waals surface area contributed by atoms with E-state index in [1.165, 1.54) is 40.5 Å². The molecule has 1 aliphatic heterocycles. The van der Waals surface area contributed by atoms with Crippen molar-refractivity contribution < 1.29 is 23.8 Å². The van der Waals surface area contributed by atoms with Crippen molar-refractivity contribution in [3.8, 4) is 11.5 Å². The number of carbonyl (C=O) groups excluding carboxylic acids is 2. The smallest absolute Gasteiger partial charge is 0.300 e. The lowest BCUT2D eigenvalue weighted by Gasteiger charge is -2.24. The van der Waals surface area contributed by atoms with Crippen LogP contribution in [-0.4, -0.2) is 16.8 Å². The monoisotopic (exact) mass is 485 g/mol. The average molecular weight is 486 g/mol. The highest BCUT2D eigenvalue weighted by Crippen LogP contribution is 2.44. The number of aryl methyl sites for hydroxylation is 1. The predicted octanol–water partition coefficient (Wildman–Crippen LogP) is 6.61. The Morgan fingerprint density at radius 2 is 1.69 bits per heavy atom. The number of amides is 1. The molecule has 0 radical (unpaired) electrons. The molecule has 0 aliphatic carbocycles. The number of benzene rings is 3. The van der Waals surface area contributed by atoms with E-state index in [-0.39, 0.29) is 16.9 Å². The number of Topliss-reactive ketones (excluding diaryl/α,β-unsaturated/α-hetero) is 1. The molecular weight excluding hydrogens is 465 g/mol. The summed E-state index contributed by atoms with van der Waals surface area (Å²) in [4.78, 5) is 28.4. The van der Waals surface area contributed by atoms with E-state index in [1.54, 1.807) is 30.3 Å². The summed E-state index contributed by atoms with van der Waals surface area (Å²) in [7, 11) is 0. The van der Waals surface area contributed by atoms with Gasteiger partial charge in [-0.3, -0.25) is 14.5 Å². The third-order valence-corrected chi connectivity index (χ3v) is 6.64.